The molecule has 1 unspecified atom stereocenters. The topological polar surface area (TPSA) is 61.6 Å². The molecule has 0 saturated carbocycles. The molecule has 0 aromatic heterocycles. The molecule has 2 rings (SSSR count). The van der Waals surface area contributed by atoms with Crippen molar-refractivity contribution in [1.82, 2.24) is 15.1 Å². The summed E-state index contributed by atoms with van der Waals surface area (Å²) in [7, 11) is 0. The zero-order valence-corrected chi connectivity index (χ0v) is 12.1. The lowest BCUT2D eigenvalue weighted by atomic mass is 10.0. The molecule has 19 heavy (non-hydrogen) atoms. The Kier molecular flexibility index (Phi) is 5.45. The second-order valence-corrected chi connectivity index (χ2v) is 6.03. The molecule has 110 valence electrons. The van der Waals surface area contributed by atoms with E-state index in [0.29, 0.717) is 12.1 Å². The van der Waals surface area contributed by atoms with Crippen LogP contribution in [0.25, 0.3) is 0 Å². The Morgan fingerprint density at radius 3 is 2.42 bits per heavy atom. The molecule has 2 saturated heterocycles. The standard InChI is InChI=1S/C14H28N4O/c1-12(11-17-7-3-2-4-8-17)16-13-5-9-18(10-6-13)14(15)19/h12-13,16H,2-11H2,1H3,(H2,15,19). The van der Waals surface area contributed by atoms with E-state index < -0.39 is 0 Å². The summed E-state index contributed by atoms with van der Waals surface area (Å²) in [6.07, 6.45) is 6.14. The Balaban J connectivity index is 1.65. The van der Waals surface area contributed by atoms with Crippen LogP contribution >= 0.6 is 0 Å². The van der Waals surface area contributed by atoms with E-state index in [0.717, 1.165) is 32.5 Å². The minimum absolute atomic E-state index is 0.278. The predicted octanol–water partition coefficient (Wildman–Crippen LogP) is 0.994. The number of urea groups is 1. The van der Waals surface area contributed by atoms with E-state index in [-0.39, 0.29) is 6.03 Å². The third-order valence-electron chi connectivity index (χ3n) is 4.31. The van der Waals surface area contributed by atoms with E-state index in [4.69, 9.17) is 5.73 Å². The number of carbonyl (C=O) groups excluding carboxylic acids is 1. The molecule has 2 fully saturated rings. The maximum atomic E-state index is 11.1. The van der Waals surface area contributed by atoms with Gasteiger partial charge >= 0.3 is 6.03 Å². The van der Waals surface area contributed by atoms with Crippen molar-refractivity contribution in [2.45, 2.75) is 51.1 Å². The minimum Gasteiger partial charge on any atom is -0.351 e. The molecule has 0 radical (unpaired) electrons. The Labute approximate surface area is 116 Å². The molecule has 5 heteroatoms. The van der Waals surface area contributed by atoms with Crippen molar-refractivity contribution in [1.29, 1.82) is 0 Å². The van der Waals surface area contributed by atoms with Gasteiger partial charge in [-0.1, -0.05) is 6.42 Å². The smallest absolute Gasteiger partial charge is 0.314 e. The summed E-state index contributed by atoms with van der Waals surface area (Å²) in [4.78, 5) is 15.4. The van der Waals surface area contributed by atoms with E-state index in [9.17, 15) is 4.79 Å². The van der Waals surface area contributed by atoms with Crippen LogP contribution in [0.2, 0.25) is 0 Å². The molecule has 0 bridgehead atoms. The van der Waals surface area contributed by atoms with Crippen LogP contribution in [-0.4, -0.2) is 60.6 Å². The number of likely N-dealkylation sites (tertiary alicyclic amines) is 2. The van der Waals surface area contributed by atoms with E-state index in [1.54, 1.807) is 4.90 Å². The molecule has 2 amide bonds. The summed E-state index contributed by atoms with van der Waals surface area (Å²) in [6.45, 7) is 7.52. The molecule has 2 aliphatic rings. The average molecular weight is 268 g/mol. The Morgan fingerprint density at radius 1 is 1.21 bits per heavy atom. The second kappa shape index (κ2) is 7.10. The van der Waals surface area contributed by atoms with Gasteiger partial charge < -0.3 is 20.9 Å². The quantitative estimate of drug-likeness (QED) is 0.799. The van der Waals surface area contributed by atoms with Gasteiger partial charge in [0.1, 0.15) is 0 Å². The molecule has 0 aromatic rings. The van der Waals surface area contributed by atoms with Gasteiger partial charge in [0, 0.05) is 31.7 Å². The van der Waals surface area contributed by atoms with E-state index in [2.05, 4.69) is 17.1 Å². The minimum atomic E-state index is -0.278. The number of piperidine rings is 2. The molecule has 5 nitrogen and oxygen atoms in total. The van der Waals surface area contributed by atoms with Crippen LogP contribution in [0.3, 0.4) is 0 Å². The first-order valence-electron chi connectivity index (χ1n) is 7.68. The lowest BCUT2D eigenvalue weighted by Gasteiger charge is -2.35. The highest BCUT2D eigenvalue weighted by atomic mass is 16.2. The van der Waals surface area contributed by atoms with Crippen molar-refractivity contribution >= 4 is 6.03 Å². The number of amides is 2. The van der Waals surface area contributed by atoms with Crippen molar-refractivity contribution in [3.63, 3.8) is 0 Å². The van der Waals surface area contributed by atoms with E-state index >= 15 is 0 Å². The number of nitrogens with zero attached hydrogens (tertiary/aromatic N) is 2. The molecule has 0 spiro atoms. The highest BCUT2D eigenvalue weighted by Crippen LogP contribution is 2.12. The number of hydrogen-bond donors (Lipinski definition) is 2. The number of nitrogens with one attached hydrogen (secondary N) is 1. The van der Waals surface area contributed by atoms with Crippen LogP contribution < -0.4 is 11.1 Å². The maximum Gasteiger partial charge on any atom is 0.314 e. The fourth-order valence-corrected chi connectivity index (χ4v) is 3.25. The SMILES string of the molecule is CC(CN1CCCCC1)NC1CCN(C(N)=O)CC1. The number of nitrogens with two attached hydrogens (primary N) is 1. The van der Waals surface area contributed by atoms with Crippen LogP contribution in [0.15, 0.2) is 0 Å². The van der Waals surface area contributed by atoms with Crippen molar-refractivity contribution in [3.05, 3.63) is 0 Å². The van der Waals surface area contributed by atoms with Crippen LogP contribution in [0, 0.1) is 0 Å². The van der Waals surface area contributed by atoms with Gasteiger partial charge in [0.2, 0.25) is 0 Å². The normalized spacial score (nSPS) is 24.4. The number of carbonyl (C=O) groups is 1. The zero-order valence-electron chi connectivity index (χ0n) is 12.1. The summed E-state index contributed by atoms with van der Waals surface area (Å²) in [6, 6.07) is 0.790. The maximum absolute atomic E-state index is 11.1. The molecular formula is C14H28N4O. The van der Waals surface area contributed by atoms with Crippen LogP contribution in [0.1, 0.15) is 39.0 Å². The lowest BCUT2D eigenvalue weighted by Crippen LogP contribution is -2.51. The largest absolute Gasteiger partial charge is 0.351 e. The molecule has 3 N–H and O–H groups in total. The molecule has 0 aliphatic carbocycles. The summed E-state index contributed by atoms with van der Waals surface area (Å²) < 4.78 is 0. The van der Waals surface area contributed by atoms with Crippen LogP contribution in [0.5, 0.6) is 0 Å². The summed E-state index contributed by atoms with van der Waals surface area (Å²) in [5.41, 5.74) is 5.30. The monoisotopic (exact) mass is 268 g/mol. The first-order valence-corrected chi connectivity index (χ1v) is 7.68. The van der Waals surface area contributed by atoms with Gasteiger partial charge in [-0.25, -0.2) is 4.79 Å². The number of rotatable bonds is 4. The van der Waals surface area contributed by atoms with Gasteiger partial charge in [-0.2, -0.15) is 0 Å². The van der Waals surface area contributed by atoms with Crippen molar-refractivity contribution in [3.8, 4) is 0 Å². The summed E-state index contributed by atoms with van der Waals surface area (Å²) in [5, 5.41) is 3.71. The van der Waals surface area contributed by atoms with Crippen LogP contribution in [-0.2, 0) is 0 Å². The van der Waals surface area contributed by atoms with Crippen molar-refractivity contribution < 1.29 is 4.79 Å². The van der Waals surface area contributed by atoms with Gasteiger partial charge in [-0.15, -0.1) is 0 Å². The van der Waals surface area contributed by atoms with E-state index in [1.807, 2.05) is 0 Å². The fraction of sp³-hybridized carbons (Fsp3) is 0.929. The lowest BCUT2D eigenvalue weighted by molar-refractivity contribution is 0.172. The number of primary amides is 1. The van der Waals surface area contributed by atoms with Gasteiger partial charge in [0.15, 0.2) is 0 Å². The van der Waals surface area contributed by atoms with Gasteiger partial charge in [0.05, 0.1) is 0 Å². The van der Waals surface area contributed by atoms with Gasteiger partial charge in [0.25, 0.3) is 0 Å². The molecule has 0 aromatic carbocycles. The molecule has 2 aliphatic heterocycles. The average Bonchev–Trinajstić information content (AvgIpc) is 2.40. The molecule has 2 heterocycles. The first-order chi connectivity index (χ1) is 9.15. The Bertz CT molecular complexity index is 283. The van der Waals surface area contributed by atoms with E-state index in [1.165, 1.54) is 32.4 Å². The van der Waals surface area contributed by atoms with Crippen molar-refractivity contribution in [2.24, 2.45) is 5.73 Å². The third kappa shape index (κ3) is 4.66. The fourth-order valence-electron chi connectivity index (χ4n) is 3.25. The highest BCUT2D eigenvalue weighted by Gasteiger charge is 2.22. The Morgan fingerprint density at radius 2 is 1.84 bits per heavy atom. The molecule has 1 atom stereocenters. The zero-order chi connectivity index (χ0) is 13.7. The predicted molar refractivity (Wildman–Crippen MR) is 77.1 cm³/mol. The van der Waals surface area contributed by atoms with Crippen molar-refractivity contribution in [2.75, 3.05) is 32.7 Å². The molecular weight excluding hydrogens is 240 g/mol. The summed E-state index contributed by atoms with van der Waals surface area (Å²) >= 11 is 0. The van der Waals surface area contributed by atoms with Gasteiger partial charge in [-0.3, -0.25) is 0 Å². The second-order valence-electron chi connectivity index (χ2n) is 6.03. The Hall–Kier alpha value is -0.810. The van der Waals surface area contributed by atoms with Crippen LogP contribution in [0.4, 0.5) is 4.79 Å². The third-order valence-corrected chi connectivity index (χ3v) is 4.31. The number of hydrogen-bond acceptors (Lipinski definition) is 3. The van der Waals surface area contributed by atoms with Gasteiger partial charge in [-0.05, 0) is 45.7 Å². The first kappa shape index (κ1) is 14.6. The highest BCUT2D eigenvalue weighted by molar-refractivity contribution is 5.72. The summed E-state index contributed by atoms with van der Waals surface area (Å²) in [5.74, 6) is 0.